The Labute approximate surface area is 99.3 Å². The lowest BCUT2D eigenvalue weighted by atomic mass is 10.1. The molecule has 1 N–H and O–H groups in total. The van der Waals surface area contributed by atoms with Crippen LogP contribution in [-0.2, 0) is 15.0 Å². The summed E-state index contributed by atoms with van der Waals surface area (Å²) in [7, 11) is -0.559. The largest absolute Gasteiger partial charge is 0.329 e. The van der Waals surface area contributed by atoms with Gasteiger partial charge in [-0.05, 0) is 0 Å². The number of nitrogens with one attached hydrogen (secondary N) is 1. The van der Waals surface area contributed by atoms with Gasteiger partial charge in [-0.1, -0.05) is 0 Å². The van der Waals surface area contributed by atoms with Crippen molar-refractivity contribution in [2.24, 2.45) is 0 Å². The van der Waals surface area contributed by atoms with Crippen LogP contribution >= 0.6 is 0 Å². The molecule has 0 aromatic heterocycles. The second-order valence-electron chi connectivity index (χ2n) is 4.18. The fraction of sp³-hybridized carbons (Fsp3) is 0.750. The fourth-order valence-corrected chi connectivity index (χ4v) is 2.99. The molecule has 9 heteroatoms. The van der Waals surface area contributed by atoms with E-state index in [1.165, 1.54) is 18.4 Å². The highest BCUT2D eigenvalue weighted by atomic mass is 32.2. The molecule has 0 spiro atoms. The van der Waals surface area contributed by atoms with Gasteiger partial charge in [0.05, 0.1) is 12.6 Å². The predicted molar refractivity (Wildman–Crippen MR) is 58.2 cm³/mol. The highest BCUT2D eigenvalue weighted by molar-refractivity contribution is 7.86. The molecule has 8 nitrogen and oxygen atoms in total. The van der Waals surface area contributed by atoms with E-state index in [9.17, 15) is 18.0 Å². The van der Waals surface area contributed by atoms with Crippen LogP contribution in [0.15, 0.2) is 0 Å². The van der Waals surface area contributed by atoms with E-state index in [2.05, 4.69) is 5.32 Å². The maximum atomic E-state index is 11.7. The zero-order chi connectivity index (χ0) is 12.8. The number of hydrogen-bond donors (Lipinski definition) is 1. The van der Waals surface area contributed by atoms with E-state index in [1.54, 1.807) is 0 Å². The molecule has 0 aliphatic carbocycles. The van der Waals surface area contributed by atoms with Gasteiger partial charge in [-0.3, -0.25) is 9.69 Å². The van der Waals surface area contributed by atoms with Crippen molar-refractivity contribution in [1.82, 2.24) is 18.8 Å². The minimum absolute atomic E-state index is 0.00420. The molecule has 2 rings (SSSR count). The van der Waals surface area contributed by atoms with Gasteiger partial charge < -0.3 is 5.32 Å². The highest BCUT2D eigenvalue weighted by Gasteiger charge is 2.45. The van der Waals surface area contributed by atoms with Gasteiger partial charge in [-0.15, -0.1) is 0 Å². The van der Waals surface area contributed by atoms with Crippen LogP contribution in [0.4, 0.5) is 4.79 Å². The lowest BCUT2D eigenvalue weighted by Crippen LogP contribution is -2.63. The first-order valence-corrected chi connectivity index (χ1v) is 6.51. The van der Waals surface area contributed by atoms with Gasteiger partial charge in [0.2, 0.25) is 5.91 Å². The van der Waals surface area contributed by atoms with Crippen molar-refractivity contribution in [2.45, 2.75) is 6.04 Å². The van der Waals surface area contributed by atoms with Gasteiger partial charge in [-0.2, -0.15) is 17.0 Å². The Hall–Kier alpha value is -1.19. The third kappa shape index (κ3) is 1.90. The number of amides is 3. The average Bonchev–Trinajstić information content (AvgIpc) is 2.46. The molecule has 0 radical (unpaired) electrons. The lowest BCUT2D eigenvalue weighted by Gasteiger charge is -2.42. The summed E-state index contributed by atoms with van der Waals surface area (Å²) in [6.07, 6.45) is 0. The maximum Gasteiger partial charge on any atom is 0.324 e. The number of imide groups is 1. The van der Waals surface area contributed by atoms with E-state index in [0.29, 0.717) is 0 Å². The van der Waals surface area contributed by atoms with Gasteiger partial charge in [0.15, 0.2) is 0 Å². The SMILES string of the molecule is CN(C)S(=O)(=O)N1CC(N2C(=O)CNC2=O)C1. The van der Waals surface area contributed by atoms with E-state index < -0.39 is 16.2 Å². The predicted octanol–water partition coefficient (Wildman–Crippen LogP) is -1.97. The Kier molecular flexibility index (Phi) is 2.84. The van der Waals surface area contributed by atoms with Crippen LogP contribution in [-0.4, -0.2) is 73.6 Å². The normalized spacial score (nSPS) is 23.1. The minimum atomic E-state index is -3.44. The second kappa shape index (κ2) is 3.93. The van der Waals surface area contributed by atoms with Gasteiger partial charge >= 0.3 is 6.03 Å². The Balaban J connectivity index is 2.00. The summed E-state index contributed by atoms with van der Waals surface area (Å²) in [5, 5.41) is 2.40. The smallest absolute Gasteiger partial charge is 0.324 e. The summed E-state index contributed by atoms with van der Waals surface area (Å²) < 4.78 is 25.7. The zero-order valence-corrected chi connectivity index (χ0v) is 10.4. The van der Waals surface area contributed by atoms with E-state index >= 15 is 0 Å². The molecule has 3 amide bonds. The Morgan fingerprint density at radius 2 is 1.88 bits per heavy atom. The summed E-state index contributed by atoms with van der Waals surface area (Å²) in [4.78, 5) is 23.8. The van der Waals surface area contributed by atoms with Crippen molar-refractivity contribution in [3.63, 3.8) is 0 Å². The molecule has 0 unspecified atom stereocenters. The van der Waals surface area contributed by atoms with Gasteiger partial charge in [0, 0.05) is 27.2 Å². The maximum absolute atomic E-state index is 11.7. The van der Waals surface area contributed by atoms with Gasteiger partial charge in [0.1, 0.15) is 0 Å². The molecule has 0 saturated carbocycles. The summed E-state index contributed by atoms with van der Waals surface area (Å²) >= 11 is 0. The molecular formula is C8H14N4O4S. The van der Waals surface area contributed by atoms with Crippen LogP contribution < -0.4 is 5.32 Å². The molecule has 0 aromatic carbocycles. The summed E-state index contributed by atoms with van der Waals surface area (Å²) in [6.45, 7) is 0.328. The Bertz CT molecular complexity index is 438. The lowest BCUT2D eigenvalue weighted by molar-refractivity contribution is -0.128. The number of urea groups is 1. The van der Waals surface area contributed by atoms with Crippen LogP contribution in [0.3, 0.4) is 0 Å². The molecule has 0 atom stereocenters. The zero-order valence-electron chi connectivity index (χ0n) is 9.58. The quantitative estimate of drug-likeness (QED) is 0.597. The van der Waals surface area contributed by atoms with Crippen LogP contribution in [0.25, 0.3) is 0 Å². The monoisotopic (exact) mass is 262 g/mol. The van der Waals surface area contributed by atoms with E-state index in [0.717, 1.165) is 9.21 Å². The molecule has 2 aliphatic heterocycles. The molecular weight excluding hydrogens is 248 g/mol. The van der Waals surface area contributed by atoms with Crippen molar-refractivity contribution < 1.29 is 18.0 Å². The first kappa shape index (κ1) is 12.3. The topological polar surface area (TPSA) is 90.0 Å². The summed E-state index contributed by atoms with van der Waals surface area (Å²) in [5.74, 6) is -0.304. The Morgan fingerprint density at radius 1 is 1.29 bits per heavy atom. The first-order chi connectivity index (χ1) is 7.84. The number of carbonyl (C=O) groups is 2. The molecule has 0 aromatic rings. The summed E-state index contributed by atoms with van der Waals surface area (Å²) in [6, 6.07) is -0.790. The van der Waals surface area contributed by atoms with E-state index in [-0.39, 0.29) is 31.6 Å². The van der Waals surface area contributed by atoms with Crippen molar-refractivity contribution >= 4 is 22.1 Å². The minimum Gasteiger partial charge on any atom is -0.329 e. The number of hydrogen-bond acceptors (Lipinski definition) is 4. The fourth-order valence-electron chi connectivity index (χ4n) is 1.80. The van der Waals surface area contributed by atoms with Gasteiger partial charge in [0.25, 0.3) is 10.2 Å². The standard InChI is InChI=1S/C8H14N4O4S/c1-10(2)17(15,16)11-4-6(5-11)12-7(13)3-9-8(12)14/h6H,3-5H2,1-2H3,(H,9,14). The van der Waals surface area contributed by atoms with E-state index in [1.807, 2.05) is 0 Å². The molecule has 96 valence electrons. The molecule has 2 saturated heterocycles. The molecule has 0 bridgehead atoms. The van der Waals surface area contributed by atoms with Gasteiger partial charge in [-0.25, -0.2) is 4.79 Å². The van der Waals surface area contributed by atoms with Crippen molar-refractivity contribution in [3.8, 4) is 0 Å². The molecule has 2 fully saturated rings. The second-order valence-corrected chi connectivity index (χ2v) is 6.33. The van der Waals surface area contributed by atoms with E-state index in [4.69, 9.17) is 0 Å². The molecule has 2 heterocycles. The third-order valence-electron chi connectivity index (χ3n) is 2.86. The van der Waals surface area contributed by atoms with Crippen LogP contribution in [0, 0.1) is 0 Å². The number of carbonyl (C=O) groups excluding carboxylic acids is 2. The van der Waals surface area contributed by atoms with Crippen molar-refractivity contribution in [3.05, 3.63) is 0 Å². The highest BCUT2D eigenvalue weighted by Crippen LogP contribution is 2.21. The number of nitrogens with zero attached hydrogens (tertiary/aromatic N) is 3. The van der Waals surface area contributed by atoms with Crippen molar-refractivity contribution in [2.75, 3.05) is 33.7 Å². The van der Waals surface area contributed by atoms with Crippen LogP contribution in [0.5, 0.6) is 0 Å². The number of rotatable bonds is 3. The average molecular weight is 262 g/mol. The van der Waals surface area contributed by atoms with Crippen LogP contribution in [0.2, 0.25) is 0 Å². The molecule has 2 aliphatic rings. The summed E-state index contributed by atoms with van der Waals surface area (Å²) in [5.41, 5.74) is 0. The van der Waals surface area contributed by atoms with Crippen molar-refractivity contribution in [1.29, 1.82) is 0 Å². The first-order valence-electron chi connectivity index (χ1n) is 5.11. The Morgan fingerprint density at radius 3 is 2.29 bits per heavy atom. The third-order valence-corrected chi connectivity index (χ3v) is 4.73. The molecule has 17 heavy (non-hydrogen) atoms. The van der Waals surface area contributed by atoms with Crippen LogP contribution in [0.1, 0.15) is 0 Å².